The number of allylic oxidation sites excluding steroid dienone is 1. The summed E-state index contributed by atoms with van der Waals surface area (Å²) in [6, 6.07) is 10.9. The maximum absolute atomic E-state index is 4.86. The van der Waals surface area contributed by atoms with Crippen molar-refractivity contribution in [3.63, 3.8) is 0 Å². The minimum atomic E-state index is 0.250. The fraction of sp³-hybridized carbons (Fsp3) is 0.333. The van der Waals surface area contributed by atoms with Gasteiger partial charge < -0.3 is 9.88 Å². The third kappa shape index (κ3) is 4.80. The number of nitrogens with zero attached hydrogens (tertiary/aromatic N) is 5. The number of anilines is 1. The summed E-state index contributed by atoms with van der Waals surface area (Å²) in [4.78, 5) is 18.7. The van der Waals surface area contributed by atoms with Gasteiger partial charge in [0.2, 0.25) is 0 Å². The van der Waals surface area contributed by atoms with Gasteiger partial charge in [-0.15, -0.1) is 0 Å². The van der Waals surface area contributed by atoms with E-state index < -0.39 is 0 Å². The largest absolute Gasteiger partial charge is 0.368 e. The van der Waals surface area contributed by atoms with Gasteiger partial charge in [0.15, 0.2) is 17.3 Å². The van der Waals surface area contributed by atoms with Gasteiger partial charge in [-0.1, -0.05) is 29.8 Å². The highest BCUT2D eigenvalue weighted by Crippen LogP contribution is 2.28. The molecule has 33 heavy (non-hydrogen) atoms. The van der Waals surface area contributed by atoms with Crippen LogP contribution in [0.25, 0.3) is 28.1 Å². The Morgan fingerprint density at radius 1 is 1.06 bits per heavy atom. The molecule has 0 fully saturated rings. The van der Waals surface area contributed by atoms with Crippen LogP contribution >= 0.6 is 0 Å². The van der Waals surface area contributed by atoms with Crippen molar-refractivity contribution in [1.29, 1.82) is 0 Å². The van der Waals surface area contributed by atoms with Crippen molar-refractivity contribution in [3.05, 3.63) is 71.3 Å². The Morgan fingerprint density at radius 2 is 1.85 bits per heavy atom. The van der Waals surface area contributed by atoms with Crippen LogP contribution in [0.4, 0.5) is 5.82 Å². The highest BCUT2D eigenvalue weighted by Gasteiger charge is 2.16. The van der Waals surface area contributed by atoms with E-state index >= 15 is 0 Å². The number of hydrogen-bond donors (Lipinski definition) is 1. The second-order valence-electron chi connectivity index (χ2n) is 9.03. The van der Waals surface area contributed by atoms with E-state index in [2.05, 4.69) is 84.8 Å². The monoisotopic (exact) mass is 440 g/mol. The lowest BCUT2D eigenvalue weighted by Gasteiger charge is -2.15. The van der Waals surface area contributed by atoms with Crippen molar-refractivity contribution in [2.24, 2.45) is 0 Å². The fourth-order valence-corrected chi connectivity index (χ4v) is 4.10. The number of aromatic nitrogens is 5. The second kappa shape index (κ2) is 9.53. The molecular formula is C27H32N6. The molecule has 0 amide bonds. The first-order valence-corrected chi connectivity index (χ1v) is 11.5. The lowest BCUT2D eigenvalue weighted by molar-refractivity contribution is 0.613. The van der Waals surface area contributed by atoms with E-state index in [0.717, 1.165) is 41.1 Å². The molecule has 6 nitrogen and oxygen atoms in total. The summed E-state index contributed by atoms with van der Waals surface area (Å²) in [7, 11) is 0. The lowest BCUT2D eigenvalue weighted by atomic mass is 9.94. The molecule has 3 aromatic heterocycles. The van der Waals surface area contributed by atoms with Gasteiger partial charge >= 0.3 is 0 Å². The first kappa shape index (κ1) is 22.6. The number of fused-ring (bicyclic) bond motifs is 1. The number of imidazole rings is 1. The summed E-state index contributed by atoms with van der Waals surface area (Å²) in [5.41, 5.74) is 8.90. The van der Waals surface area contributed by atoms with E-state index in [4.69, 9.17) is 9.97 Å². The zero-order valence-corrected chi connectivity index (χ0v) is 20.3. The molecular weight excluding hydrogens is 408 g/mol. The van der Waals surface area contributed by atoms with Crippen molar-refractivity contribution >= 4 is 22.6 Å². The van der Waals surface area contributed by atoms with Crippen LogP contribution < -0.4 is 5.32 Å². The number of hydrogen-bond acceptors (Lipinski definition) is 5. The van der Waals surface area contributed by atoms with Gasteiger partial charge in [0.1, 0.15) is 5.52 Å². The summed E-state index contributed by atoms with van der Waals surface area (Å²) in [5, 5.41) is 3.56. The normalized spacial score (nSPS) is 11.2. The van der Waals surface area contributed by atoms with Crippen LogP contribution in [-0.2, 0) is 0 Å². The molecule has 0 atom stereocenters. The van der Waals surface area contributed by atoms with Gasteiger partial charge in [-0.05, 0) is 76.3 Å². The third-order valence-corrected chi connectivity index (χ3v) is 5.85. The van der Waals surface area contributed by atoms with Gasteiger partial charge in [-0.25, -0.2) is 15.0 Å². The summed E-state index contributed by atoms with van der Waals surface area (Å²) in [6.07, 6.45) is 6.40. The SMILES string of the molecule is CC(C)=C(CCNc1nc(-c2cncc(C)c2)nc2c1ncn2C(C)C)c1ccccc1C. The molecule has 170 valence electrons. The van der Waals surface area contributed by atoms with Gasteiger partial charge in [0.05, 0.1) is 6.33 Å². The molecule has 0 bridgehead atoms. The van der Waals surface area contributed by atoms with Crippen LogP contribution in [-0.4, -0.2) is 31.0 Å². The molecule has 0 aliphatic rings. The molecule has 4 aromatic rings. The zero-order valence-electron chi connectivity index (χ0n) is 20.3. The second-order valence-corrected chi connectivity index (χ2v) is 9.03. The number of pyridine rings is 1. The van der Waals surface area contributed by atoms with Crippen LogP contribution in [0.2, 0.25) is 0 Å². The number of rotatable bonds is 7. The molecule has 0 saturated heterocycles. The van der Waals surface area contributed by atoms with Gasteiger partial charge in [0.25, 0.3) is 0 Å². The minimum absolute atomic E-state index is 0.250. The lowest BCUT2D eigenvalue weighted by Crippen LogP contribution is -2.08. The van der Waals surface area contributed by atoms with Crippen molar-refractivity contribution in [2.75, 3.05) is 11.9 Å². The molecule has 4 rings (SSSR count). The molecule has 0 aliphatic carbocycles. The predicted molar refractivity (Wildman–Crippen MR) is 136 cm³/mol. The highest BCUT2D eigenvalue weighted by molar-refractivity contribution is 5.85. The Balaban J connectivity index is 1.68. The minimum Gasteiger partial charge on any atom is -0.368 e. The zero-order chi connectivity index (χ0) is 23.5. The molecule has 0 aliphatic heterocycles. The number of benzene rings is 1. The number of nitrogens with one attached hydrogen (secondary N) is 1. The van der Waals surface area contributed by atoms with Crippen molar-refractivity contribution in [1.82, 2.24) is 24.5 Å². The van der Waals surface area contributed by atoms with Crippen molar-refractivity contribution in [2.45, 2.75) is 54.0 Å². The quantitative estimate of drug-likeness (QED) is 0.361. The predicted octanol–water partition coefficient (Wildman–Crippen LogP) is 6.38. The molecule has 0 radical (unpaired) electrons. The van der Waals surface area contributed by atoms with Crippen LogP contribution in [0, 0.1) is 13.8 Å². The van der Waals surface area contributed by atoms with E-state index in [-0.39, 0.29) is 6.04 Å². The molecule has 0 unspecified atom stereocenters. The van der Waals surface area contributed by atoms with E-state index in [1.165, 1.54) is 22.3 Å². The average molecular weight is 441 g/mol. The van der Waals surface area contributed by atoms with E-state index in [1.54, 1.807) is 0 Å². The molecule has 6 heteroatoms. The first-order chi connectivity index (χ1) is 15.8. The smallest absolute Gasteiger partial charge is 0.166 e. The van der Waals surface area contributed by atoms with Gasteiger partial charge in [-0.2, -0.15) is 0 Å². The fourth-order valence-electron chi connectivity index (χ4n) is 4.10. The first-order valence-electron chi connectivity index (χ1n) is 11.5. The van der Waals surface area contributed by atoms with Crippen LogP contribution in [0.3, 0.4) is 0 Å². The molecule has 3 heterocycles. The molecule has 1 aromatic carbocycles. The van der Waals surface area contributed by atoms with Crippen LogP contribution in [0.1, 0.15) is 56.8 Å². The van der Waals surface area contributed by atoms with E-state index in [1.807, 2.05) is 25.6 Å². The van der Waals surface area contributed by atoms with Gasteiger partial charge in [0, 0.05) is 30.5 Å². The Bertz CT molecular complexity index is 1310. The maximum Gasteiger partial charge on any atom is 0.166 e. The summed E-state index contributed by atoms with van der Waals surface area (Å²) >= 11 is 0. The van der Waals surface area contributed by atoms with Crippen molar-refractivity contribution in [3.8, 4) is 11.4 Å². The van der Waals surface area contributed by atoms with Crippen molar-refractivity contribution < 1.29 is 0 Å². The number of aryl methyl sites for hydroxylation is 2. The molecule has 1 N–H and O–H groups in total. The van der Waals surface area contributed by atoms with Crippen LogP contribution in [0.15, 0.2) is 54.6 Å². The third-order valence-electron chi connectivity index (χ3n) is 5.85. The highest BCUT2D eigenvalue weighted by atomic mass is 15.2. The van der Waals surface area contributed by atoms with Gasteiger partial charge in [-0.3, -0.25) is 4.98 Å². The Hall–Kier alpha value is -3.54. The van der Waals surface area contributed by atoms with Crippen LogP contribution in [0.5, 0.6) is 0 Å². The summed E-state index contributed by atoms with van der Waals surface area (Å²) in [6.45, 7) is 13.6. The Kier molecular flexibility index (Phi) is 6.54. The van der Waals surface area contributed by atoms with E-state index in [9.17, 15) is 0 Å². The Morgan fingerprint density at radius 3 is 2.55 bits per heavy atom. The molecule has 0 saturated carbocycles. The summed E-state index contributed by atoms with van der Waals surface area (Å²) in [5.74, 6) is 1.42. The topological polar surface area (TPSA) is 68.5 Å². The molecule has 0 spiro atoms. The average Bonchev–Trinajstić information content (AvgIpc) is 3.22. The summed E-state index contributed by atoms with van der Waals surface area (Å²) < 4.78 is 2.09. The van der Waals surface area contributed by atoms with E-state index in [0.29, 0.717) is 5.82 Å². The Labute approximate surface area is 195 Å². The maximum atomic E-state index is 4.86. The standard InChI is InChI=1S/C27H32N6/c1-17(2)22(23-10-8-7-9-20(23)6)11-12-29-26-24-27(33(16-30-24)18(3)4)32-25(31-26)21-13-19(5)14-28-15-21/h7-10,13-16,18H,11-12H2,1-6H3,(H,29,31,32).